The van der Waals surface area contributed by atoms with Gasteiger partial charge in [0.1, 0.15) is 11.8 Å². The highest BCUT2D eigenvalue weighted by Gasteiger charge is 2.51. The highest BCUT2D eigenvalue weighted by atomic mass is 16.6. The molecule has 0 aromatic heterocycles. The van der Waals surface area contributed by atoms with Crippen LogP contribution in [0.1, 0.15) is 78.1 Å². The molecule has 1 fully saturated rings. The normalized spacial score (nSPS) is 24.1. The zero-order valence-electron chi connectivity index (χ0n) is 19.8. The van der Waals surface area contributed by atoms with Crippen LogP contribution in [0, 0.1) is 27.9 Å². The molecule has 1 saturated heterocycles. The van der Waals surface area contributed by atoms with E-state index in [0.717, 1.165) is 51.4 Å². The van der Waals surface area contributed by atoms with Crippen molar-refractivity contribution >= 4 is 23.3 Å². The van der Waals surface area contributed by atoms with Gasteiger partial charge in [0.05, 0.1) is 16.8 Å². The van der Waals surface area contributed by atoms with Gasteiger partial charge in [-0.3, -0.25) is 19.7 Å². The Morgan fingerprint density at radius 1 is 1.12 bits per heavy atom. The monoisotopic (exact) mass is 456 g/mol. The van der Waals surface area contributed by atoms with Crippen molar-refractivity contribution in [1.82, 2.24) is 0 Å². The molecule has 4 atom stereocenters. The smallest absolute Gasteiger partial charge is 0.310 e. The molecule has 7 nitrogen and oxygen atoms in total. The molecule has 1 amide bonds. The Kier molecular flexibility index (Phi) is 9.03. The molecule has 1 aliphatic heterocycles. The number of cyclic esters (lactones) is 1. The molecule has 1 aromatic carbocycles. The van der Waals surface area contributed by atoms with Gasteiger partial charge in [0, 0.05) is 12.0 Å². The second-order valence-electron chi connectivity index (χ2n) is 9.28. The maximum absolute atomic E-state index is 13.4. The number of hydrogen-bond acceptors (Lipinski definition) is 5. The van der Waals surface area contributed by atoms with Gasteiger partial charge in [0.25, 0.3) is 5.69 Å². The molecule has 0 bridgehead atoms. The van der Waals surface area contributed by atoms with Crippen LogP contribution in [0.4, 0.5) is 11.4 Å². The number of nitrogens with one attached hydrogen (secondary N) is 1. The lowest BCUT2D eigenvalue weighted by molar-refractivity contribution is -0.383. The fraction of sp³-hybridized carbons (Fsp3) is 0.615. The van der Waals surface area contributed by atoms with Gasteiger partial charge in [-0.15, -0.1) is 0 Å². The maximum Gasteiger partial charge on any atom is 0.310 e. The molecule has 3 rings (SSSR count). The third-order valence-corrected chi connectivity index (χ3v) is 6.87. The summed E-state index contributed by atoms with van der Waals surface area (Å²) in [5.41, 5.74) is 1.21. The molecule has 7 heteroatoms. The minimum atomic E-state index is -0.579. The molecule has 0 saturated carbocycles. The van der Waals surface area contributed by atoms with E-state index in [1.807, 2.05) is 0 Å². The zero-order chi connectivity index (χ0) is 23.8. The van der Waals surface area contributed by atoms with Gasteiger partial charge in [-0.2, -0.15) is 0 Å². The van der Waals surface area contributed by atoms with Crippen molar-refractivity contribution < 1.29 is 19.2 Å². The summed E-state index contributed by atoms with van der Waals surface area (Å²) in [6.07, 6.45) is 11.9. The summed E-state index contributed by atoms with van der Waals surface area (Å²) < 4.78 is 5.77. The maximum atomic E-state index is 13.4. The summed E-state index contributed by atoms with van der Waals surface area (Å²) in [7, 11) is 0. The summed E-state index contributed by atoms with van der Waals surface area (Å²) >= 11 is 0. The number of rotatable bonds is 12. The lowest BCUT2D eigenvalue weighted by Crippen LogP contribution is -2.38. The number of allylic oxidation sites excluding steroid dienone is 1. The minimum Gasteiger partial charge on any atom is -0.461 e. The van der Waals surface area contributed by atoms with E-state index in [4.69, 9.17) is 4.74 Å². The van der Waals surface area contributed by atoms with Crippen LogP contribution < -0.4 is 5.32 Å². The molecule has 180 valence electrons. The summed E-state index contributed by atoms with van der Waals surface area (Å²) in [6, 6.07) is 6.11. The Labute approximate surface area is 196 Å². The van der Waals surface area contributed by atoms with Crippen LogP contribution in [0.25, 0.3) is 0 Å². The molecule has 1 N–H and O–H groups in total. The summed E-state index contributed by atoms with van der Waals surface area (Å²) in [6.45, 7) is 4.32. The number of benzene rings is 1. The Balaban J connectivity index is 1.81. The summed E-state index contributed by atoms with van der Waals surface area (Å²) in [4.78, 5) is 37.1. The van der Waals surface area contributed by atoms with Gasteiger partial charge >= 0.3 is 5.97 Å². The fourth-order valence-electron chi connectivity index (χ4n) is 5.12. The molecule has 2 aliphatic rings. The van der Waals surface area contributed by atoms with Gasteiger partial charge in [0.2, 0.25) is 5.91 Å². The van der Waals surface area contributed by atoms with Gasteiger partial charge in [-0.05, 0) is 38.2 Å². The Bertz CT molecular complexity index is 881. The molecule has 0 radical (unpaired) electrons. The number of ether oxygens (including phenoxy) is 1. The number of nitro benzene ring substituents is 1. The van der Waals surface area contributed by atoms with Crippen LogP contribution in [0.5, 0.6) is 0 Å². The fourth-order valence-corrected chi connectivity index (χ4v) is 5.12. The van der Waals surface area contributed by atoms with Gasteiger partial charge < -0.3 is 10.1 Å². The van der Waals surface area contributed by atoms with Gasteiger partial charge in [-0.1, -0.05) is 69.7 Å². The predicted molar refractivity (Wildman–Crippen MR) is 128 cm³/mol. The van der Waals surface area contributed by atoms with Crippen molar-refractivity contribution in [3.63, 3.8) is 0 Å². The highest BCUT2D eigenvalue weighted by Crippen LogP contribution is 2.45. The first-order chi connectivity index (χ1) is 16.0. The van der Waals surface area contributed by atoms with E-state index in [1.165, 1.54) is 24.1 Å². The number of anilines is 1. The van der Waals surface area contributed by atoms with E-state index in [1.54, 1.807) is 12.1 Å². The van der Waals surface area contributed by atoms with Crippen LogP contribution >= 0.6 is 0 Å². The van der Waals surface area contributed by atoms with Crippen molar-refractivity contribution in [1.29, 1.82) is 0 Å². The molecular weight excluding hydrogens is 420 g/mol. The van der Waals surface area contributed by atoms with Gasteiger partial charge in [0.15, 0.2) is 0 Å². The largest absolute Gasteiger partial charge is 0.461 e. The van der Waals surface area contributed by atoms with Crippen LogP contribution in [-0.2, 0) is 14.3 Å². The van der Waals surface area contributed by atoms with E-state index >= 15 is 0 Å². The van der Waals surface area contributed by atoms with E-state index in [-0.39, 0.29) is 35.3 Å². The van der Waals surface area contributed by atoms with Crippen molar-refractivity contribution in [2.75, 3.05) is 5.32 Å². The first-order valence-electron chi connectivity index (χ1n) is 12.4. The van der Waals surface area contributed by atoms with E-state index in [9.17, 15) is 19.7 Å². The van der Waals surface area contributed by atoms with Crippen LogP contribution in [0.3, 0.4) is 0 Å². The molecule has 0 unspecified atom stereocenters. The number of carbonyl (C=O) groups excluding carboxylic acids is 2. The molecule has 1 heterocycles. The third kappa shape index (κ3) is 6.21. The lowest BCUT2D eigenvalue weighted by atomic mass is 9.70. The van der Waals surface area contributed by atoms with Crippen LogP contribution in [0.2, 0.25) is 0 Å². The Morgan fingerprint density at radius 3 is 2.58 bits per heavy atom. The average molecular weight is 457 g/mol. The topological polar surface area (TPSA) is 98.5 Å². The average Bonchev–Trinajstić information content (AvgIpc) is 3.12. The number of hydrogen-bond donors (Lipinski definition) is 1. The first-order valence-corrected chi connectivity index (χ1v) is 12.4. The molecule has 1 aliphatic carbocycles. The Hall–Kier alpha value is -2.70. The van der Waals surface area contributed by atoms with E-state index < -0.39 is 16.8 Å². The molecule has 33 heavy (non-hydrogen) atoms. The summed E-state index contributed by atoms with van der Waals surface area (Å²) in [5, 5.41) is 14.1. The number of unbranched alkanes of at least 4 members (excludes halogenated alkanes) is 5. The predicted octanol–water partition coefficient (Wildman–Crippen LogP) is 6.19. The molecular formula is C26H36N2O5. The lowest BCUT2D eigenvalue weighted by Gasteiger charge is -2.31. The number of fused-ring (bicyclic) bond motifs is 1. The number of carbonyl (C=O) groups is 2. The second kappa shape index (κ2) is 12.0. The Morgan fingerprint density at radius 2 is 1.85 bits per heavy atom. The molecule has 1 aromatic rings. The third-order valence-electron chi connectivity index (χ3n) is 6.87. The first kappa shape index (κ1) is 24.9. The van der Waals surface area contributed by atoms with E-state index in [2.05, 4.69) is 25.2 Å². The number of nitrogens with zero attached hydrogens (tertiary/aromatic N) is 1. The number of esters is 1. The van der Waals surface area contributed by atoms with Crippen molar-refractivity contribution in [3.05, 3.63) is 46.0 Å². The number of amides is 1. The van der Waals surface area contributed by atoms with Gasteiger partial charge in [-0.25, -0.2) is 0 Å². The molecule has 0 spiro atoms. The van der Waals surface area contributed by atoms with E-state index in [0.29, 0.717) is 6.42 Å². The van der Waals surface area contributed by atoms with Crippen molar-refractivity contribution in [2.45, 2.75) is 84.2 Å². The quantitative estimate of drug-likeness (QED) is 0.133. The highest BCUT2D eigenvalue weighted by molar-refractivity contribution is 5.97. The summed E-state index contributed by atoms with van der Waals surface area (Å²) in [5.74, 6) is -1.87. The second-order valence-corrected chi connectivity index (χ2v) is 9.28. The van der Waals surface area contributed by atoms with Crippen LogP contribution in [0.15, 0.2) is 35.9 Å². The number of para-hydroxylation sites is 2. The van der Waals surface area contributed by atoms with Crippen LogP contribution in [-0.4, -0.2) is 22.9 Å². The van der Waals surface area contributed by atoms with Crippen molar-refractivity contribution in [2.24, 2.45) is 17.8 Å². The standard InChI is InChI=1S/C26H36N2O5/c1-3-5-7-9-12-18-16-19-23(15-8-6-4-2)33-26(30)24(19)20(17-18)25(29)27-21-13-10-11-14-22(21)28(31)32/h10-11,13-14,16,19-20,23-24H,3-9,12,15,17H2,1-2H3,(H,27,29)/t19-,20-,23+,24+/m1/s1. The SMILES string of the molecule is CCCCCCC1=C[C@H]2[C@H](C(=O)O[C@H]2CCCCC)[C@H](C(=O)Nc2ccccc2[N+](=O)[O-])C1. The van der Waals surface area contributed by atoms with Crippen molar-refractivity contribution in [3.8, 4) is 0 Å². The minimum absolute atomic E-state index is 0.106. The zero-order valence-corrected chi connectivity index (χ0v) is 19.8. The number of nitro groups is 1.